The predicted octanol–water partition coefficient (Wildman–Crippen LogP) is 3.55. The van der Waals surface area contributed by atoms with Crippen molar-refractivity contribution < 1.29 is 10.0 Å². The third-order valence-corrected chi connectivity index (χ3v) is 4.47. The van der Waals surface area contributed by atoms with Crippen LogP contribution in [0.3, 0.4) is 0 Å². The number of benzene rings is 1. The highest BCUT2D eigenvalue weighted by molar-refractivity contribution is 5.47. The summed E-state index contributed by atoms with van der Waals surface area (Å²) in [6.45, 7) is 7.01. The van der Waals surface area contributed by atoms with Gasteiger partial charge in [0.05, 0.1) is 11.0 Å². The first-order valence-electron chi connectivity index (χ1n) is 8.33. The van der Waals surface area contributed by atoms with E-state index in [-0.39, 0.29) is 17.5 Å². The van der Waals surface area contributed by atoms with Gasteiger partial charge in [-0.15, -0.1) is 0 Å². The van der Waals surface area contributed by atoms with E-state index in [9.17, 15) is 15.2 Å². The molecule has 0 radical (unpaired) electrons. The number of aromatic hydroxyl groups is 1. The van der Waals surface area contributed by atoms with Crippen LogP contribution in [0, 0.1) is 16.0 Å². The number of hydrogen-bond acceptors (Lipinski definition) is 4. The van der Waals surface area contributed by atoms with Crippen LogP contribution in [0.5, 0.6) is 5.75 Å². The number of non-ortho nitro benzene ring substituents is 1. The van der Waals surface area contributed by atoms with Gasteiger partial charge in [-0.25, -0.2) is 0 Å². The largest absolute Gasteiger partial charge is 0.508 e. The number of fused-ring (bicyclic) bond motifs is 1. The van der Waals surface area contributed by atoms with E-state index >= 15 is 0 Å². The maximum Gasteiger partial charge on any atom is 0.270 e. The van der Waals surface area contributed by atoms with Crippen molar-refractivity contribution in [2.75, 3.05) is 13.1 Å². The molecule has 0 aliphatic carbocycles. The summed E-state index contributed by atoms with van der Waals surface area (Å²) in [5.74, 6) is 0.573. The van der Waals surface area contributed by atoms with Crippen molar-refractivity contribution in [3.05, 3.63) is 57.9 Å². The average molecular weight is 329 g/mol. The quantitative estimate of drug-likeness (QED) is 0.688. The van der Waals surface area contributed by atoms with Gasteiger partial charge in [0.1, 0.15) is 5.75 Å². The summed E-state index contributed by atoms with van der Waals surface area (Å²) in [6.07, 6.45) is 3.05. The lowest BCUT2D eigenvalue weighted by atomic mass is 9.99. The van der Waals surface area contributed by atoms with Gasteiger partial charge < -0.3 is 9.67 Å². The van der Waals surface area contributed by atoms with Crippen molar-refractivity contribution in [2.24, 2.45) is 5.92 Å². The van der Waals surface area contributed by atoms with Crippen LogP contribution < -0.4 is 0 Å². The fourth-order valence-electron chi connectivity index (χ4n) is 3.54. The zero-order chi connectivity index (χ0) is 17.3. The molecule has 2 aromatic rings. The molecular weight excluding hydrogens is 306 g/mol. The van der Waals surface area contributed by atoms with Crippen molar-refractivity contribution in [3.63, 3.8) is 0 Å². The summed E-state index contributed by atoms with van der Waals surface area (Å²) >= 11 is 0. The first kappa shape index (κ1) is 16.5. The standard InChI is InChI=1S/C18H23N3O3/c1-13(2)12-20-10-4-9-19-8-3-5-16(19)18(20)15-11-14(21(23)24)6-7-17(15)22/h3,5-8,11,13,18,22H,4,9-10,12H2,1-2H3. The number of phenolic OH excluding ortho intramolecular Hbond substituents is 1. The highest BCUT2D eigenvalue weighted by atomic mass is 16.6. The molecule has 1 aromatic carbocycles. The lowest BCUT2D eigenvalue weighted by Gasteiger charge is -2.32. The second kappa shape index (κ2) is 6.65. The molecule has 24 heavy (non-hydrogen) atoms. The van der Waals surface area contributed by atoms with E-state index in [0.717, 1.165) is 31.7 Å². The minimum Gasteiger partial charge on any atom is -0.508 e. The fraction of sp³-hybridized carbons (Fsp3) is 0.444. The van der Waals surface area contributed by atoms with Gasteiger partial charge in [-0.2, -0.15) is 0 Å². The zero-order valence-corrected chi connectivity index (χ0v) is 14.1. The number of nitrogens with zero attached hydrogens (tertiary/aromatic N) is 3. The van der Waals surface area contributed by atoms with Crippen LogP contribution in [0.1, 0.15) is 37.6 Å². The molecule has 0 fully saturated rings. The van der Waals surface area contributed by atoms with Gasteiger partial charge in [0, 0.05) is 49.2 Å². The normalized spacial score (nSPS) is 18.4. The average Bonchev–Trinajstić information content (AvgIpc) is 2.90. The lowest BCUT2D eigenvalue weighted by Crippen LogP contribution is -2.33. The summed E-state index contributed by atoms with van der Waals surface area (Å²) in [7, 11) is 0. The van der Waals surface area contributed by atoms with Gasteiger partial charge in [0.15, 0.2) is 0 Å². The van der Waals surface area contributed by atoms with Gasteiger partial charge in [0.2, 0.25) is 0 Å². The molecule has 1 unspecified atom stereocenters. The molecule has 1 N–H and O–H groups in total. The second-order valence-electron chi connectivity index (χ2n) is 6.77. The molecule has 1 atom stereocenters. The molecule has 2 heterocycles. The van der Waals surface area contributed by atoms with E-state index in [1.165, 1.54) is 18.2 Å². The Morgan fingerprint density at radius 1 is 1.33 bits per heavy atom. The predicted molar refractivity (Wildman–Crippen MR) is 92.1 cm³/mol. The summed E-state index contributed by atoms with van der Waals surface area (Å²) < 4.78 is 2.18. The molecule has 128 valence electrons. The first-order valence-corrected chi connectivity index (χ1v) is 8.33. The van der Waals surface area contributed by atoms with Crippen LogP contribution in [-0.4, -0.2) is 32.6 Å². The summed E-state index contributed by atoms with van der Waals surface area (Å²) in [5, 5.41) is 21.6. The van der Waals surface area contributed by atoms with Gasteiger partial charge in [0.25, 0.3) is 5.69 Å². The summed E-state index contributed by atoms with van der Waals surface area (Å²) in [5.41, 5.74) is 1.69. The van der Waals surface area contributed by atoms with E-state index in [0.29, 0.717) is 11.5 Å². The van der Waals surface area contributed by atoms with Gasteiger partial charge >= 0.3 is 0 Å². The van der Waals surface area contributed by atoms with Gasteiger partial charge in [-0.1, -0.05) is 13.8 Å². The Bertz CT molecular complexity index is 739. The highest BCUT2D eigenvalue weighted by Gasteiger charge is 2.30. The Morgan fingerprint density at radius 2 is 2.12 bits per heavy atom. The van der Waals surface area contributed by atoms with E-state index in [2.05, 4.69) is 23.3 Å². The van der Waals surface area contributed by atoms with Gasteiger partial charge in [-0.05, 0) is 30.5 Å². The van der Waals surface area contributed by atoms with Crippen LogP contribution in [0.15, 0.2) is 36.5 Å². The second-order valence-corrected chi connectivity index (χ2v) is 6.77. The molecule has 1 aliphatic heterocycles. The molecule has 6 heteroatoms. The van der Waals surface area contributed by atoms with Crippen LogP contribution >= 0.6 is 0 Å². The van der Waals surface area contributed by atoms with Crippen molar-refractivity contribution in [3.8, 4) is 5.75 Å². The lowest BCUT2D eigenvalue weighted by molar-refractivity contribution is -0.385. The topological polar surface area (TPSA) is 71.5 Å². The molecule has 0 saturated heterocycles. The number of phenols is 1. The van der Waals surface area contributed by atoms with Crippen molar-refractivity contribution in [1.82, 2.24) is 9.47 Å². The minimum atomic E-state index is -0.411. The van der Waals surface area contributed by atoms with Crippen molar-refractivity contribution >= 4 is 5.69 Å². The third-order valence-electron chi connectivity index (χ3n) is 4.47. The number of rotatable bonds is 4. The number of nitro groups is 1. The van der Waals surface area contributed by atoms with Crippen LogP contribution in [0.2, 0.25) is 0 Å². The summed E-state index contributed by atoms with van der Waals surface area (Å²) in [6, 6.07) is 8.15. The Balaban J connectivity index is 2.13. The van der Waals surface area contributed by atoms with Crippen LogP contribution in [-0.2, 0) is 6.54 Å². The molecular formula is C18H23N3O3. The Kier molecular flexibility index (Phi) is 4.57. The fourth-order valence-corrected chi connectivity index (χ4v) is 3.54. The van der Waals surface area contributed by atoms with Crippen LogP contribution in [0.4, 0.5) is 5.69 Å². The molecule has 0 amide bonds. The maximum absolute atomic E-state index is 11.2. The minimum absolute atomic E-state index is 0.00894. The van der Waals surface area contributed by atoms with E-state index in [1.54, 1.807) is 0 Å². The number of nitro benzene ring substituents is 1. The van der Waals surface area contributed by atoms with Crippen LogP contribution in [0.25, 0.3) is 0 Å². The Hall–Kier alpha value is -2.34. The van der Waals surface area contributed by atoms with E-state index in [4.69, 9.17) is 0 Å². The molecule has 1 aliphatic rings. The van der Waals surface area contributed by atoms with E-state index < -0.39 is 4.92 Å². The molecule has 3 rings (SSSR count). The molecule has 6 nitrogen and oxygen atoms in total. The highest BCUT2D eigenvalue weighted by Crippen LogP contribution is 2.38. The maximum atomic E-state index is 11.2. The van der Waals surface area contributed by atoms with Gasteiger partial charge in [-0.3, -0.25) is 15.0 Å². The molecule has 1 aromatic heterocycles. The van der Waals surface area contributed by atoms with Crippen molar-refractivity contribution in [1.29, 1.82) is 0 Å². The molecule has 0 bridgehead atoms. The summed E-state index contributed by atoms with van der Waals surface area (Å²) in [4.78, 5) is 13.1. The first-order chi connectivity index (χ1) is 11.5. The van der Waals surface area contributed by atoms with E-state index in [1.807, 2.05) is 18.3 Å². The number of aryl methyl sites for hydroxylation is 1. The smallest absolute Gasteiger partial charge is 0.270 e. The monoisotopic (exact) mass is 329 g/mol. The Morgan fingerprint density at radius 3 is 2.83 bits per heavy atom. The molecule has 0 spiro atoms. The van der Waals surface area contributed by atoms with Crippen molar-refractivity contribution in [2.45, 2.75) is 32.9 Å². The number of aromatic nitrogens is 1. The SMILES string of the molecule is CC(C)CN1CCCn2cccc2C1c1cc([N+](=O)[O-])ccc1O. The zero-order valence-electron chi connectivity index (χ0n) is 14.1. The molecule has 0 saturated carbocycles. The third kappa shape index (κ3) is 3.14. The Labute approximate surface area is 141 Å². The number of hydrogen-bond donors (Lipinski definition) is 1.